The molecule has 0 atom stereocenters. The Balaban J connectivity index is 1.64. The molecule has 0 aliphatic carbocycles. The van der Waals surface area contributed by atoms with E-state index >= 15 is 0 Å². The highest BCUT2D eigenvalue weighted by Gasteiger charge is 2.14. The van der Waals surface area contributed by atoms with Gasteiger partial charge in [0.2, 0.25) is 5.91 Å². The van der Waals surface area contributed by atoms with Crippen LogP contribution in [0.3, 0.4) is 0 Å². The first-order chi connectivity index (χ1) is 14.4. The van der Waals surface area contributed by atoms with Crippen LogP contribution >= 0.6 is 11.3 Å². The van der Waals surface area contributed by atoms with E-state index < -0.39 is 0 Å². The number of fused-ring (bicyclic) bond motifs is 1. The Kier molecular flexibility index (Phi) is 6.63. The molecule has 1 aromatic heterocycles. The van der Waals surface area contributed by atoms with Crippen LogP contribution in [0.5, 0.6) is 0 Å². The number of carbonyl (C=O) groups is 3. The van der Waals surface area contributed by atoms with E-state index in [9.17, 15) is 14.4 Å². The van der Waals surface area contributed by atoms with E-state index in [1.165, 1.54) is 11.3 Å². The van der Waals surface area contributed by atoms with Crippen LogP contribution in [0.2, 0.25) is 0 Å². The minimum Gasteiger partial charge on any atom is -0.378 e. The number of Topliss-reactive ketones (excluding diaryl/α,β-unsaturated/α-hetero) is 1. The third kappa shape index (κ3) is 5.32. The normalized spacial score (nSPS) is 10.5. The molecule has 3 N–H and O–H groups in total. The largest absolute Gasteiger partial charge is 0.378 e. The topological polar surface area (TPSA) is 103 Å². The molecule has 8 nitrogen and oxygen atoms in total. The highest BCUT2D eigenvalue weighted by molar-refractivity contribution is 7.22. The van der Waals surface area contributed by atoms with Gasteiger partial charge in [0.1, 0.15) is 0 Å². The van der Waals surface area contributed by atoms with Gasteiger partial charge in [-0.2, -0.15) is 0 Å². The second-order valence-corrected chi connectivity index (χ2v) is 7.81. The molecule has 0 spiro atoms. The van der Waals surface area contributed by atoms with E-state index in [4.69, 9.17) is 0 Å². The van der Waals surface area contributed by atoms with Gasteiger partial charge in [0.05, 0.1) is 16.6 Å². The minimum atomic E-state index is -0.374. The molecule has 3 aromatic rings. The van der Waals surface area contributed by atoms with Crippen LogP contribution in [0.15, 0.2) is 42.5 Å². The number of hydrogen-bond acceptors (Lipinski definition) is 6. The van der Waals surface area contributed by atoms with E-state index in [-0.39, 0.29) is 24.1 Å². The summed E-state index contributed by atoms with van der Waals surface area (Å²) in [6.07, 6.45) is -0.260. The van der Waals surface area contributed by atoms with Gasteiger partial charge < -0.3 is 15.5 Å². The summed E-state index contributed by atoms with van der Waals surface area (Å²) in [5.41, 5.74) is 2.75. The van der Waals surface area contributed by atoms with Crippen LogP contribution < -0.4 is 20.9 Å². The van der Waals surface area contributed by atoms with Gasteiger partial charge in [-0.1, -0.05) is 11.3 Å². The Morgan fingerprint density at radius 1 is 1.03 bits per heavy atom. The standard InChI is InChI=1S/C21H23N5O3S/c1-4-22-20(29)25-21-24-16-10-5-13(11-18(16)30-21)17(27)12-19(28)23-14-6-8-15(9-7-14)26(2)3/h5-11H,4,12H2,1-3H3,(H,23,28)(H2,22,24,25,29). The minimum absolute atomic E-state index is 0.260. The smallest absolute Gasteiger partial charge is 0.321 e. The summed E-state index contributed by atoms with van der Waals surface area (Å²) in [5.74, 6) is -0.661. The van der Waals surface area contributed by atoms with Crippen molar-refractivity contribution in [3.63, 3.8) is 0 Å². The summed E-state index contributed by atoms with van der Waals surface area (Å²) in [7, 11) is 3.87. The Bertz CT molecular complexity index is 1080. The van der Waals surface area contributed by atoms with Gasteiger partial charge in [-0.05, 0) is 49.4 Å². The van der Waals surface area contributed by atoms with Gasteiger partial charge in [0.15, 0.2) is 10.9 Å². The number of rotatable bonds is 7. The first kappa shape index (κ1) is 21.3. The lowest BCUT2D eigenvalue weighted by Gasteiger charge is -2.13. The number of urea groups is 1. The fraction of sp³-hybridized carbons (Fsp3) is 0.238. The molecule has 156 valence electrons. The molecule has 2 aromatic carbocycles. The molecular weight excluding hydrogens is 402 g/mol. The highest BCUT2D eigenvalue weighted by Crippen LogP contribution is 2.27. The number of carbonyl (C=O) groups excluding carboxylic acids is 3. The number of hydrogen-bond donors (Lipinski definition) is 3. The Hall–Kier alpha value is -3.46. The van der Waals surface area contributed by atoms with Crippen molar-refractivity contribution in [1.29, 1.82) is 0 Å². The maximum atomic E-state index is 12.5. The van der Waals surface area contributed by atoms with Crippen LogP contribution in [0, 0.1) is 0 Å². The number of thiazole rings is 1. The van der Waals surface area contributed by atoms with Crippen molar-refractivity contribution in [2.45, 2.75) is 13.3 Å². The van der Waals surface area contributed by atoms with Crippen LogP contribution in [0.1, 0.15) is 23.7 Å². The molecule has 0 aliphatic heterocycles. The number of ketones is 1. The molecule has 1 heterocycles. The van der Waals surface area contributed by atoms with E-state index in [2.05, 4.69) is 20.9 Å². The number of aromatic nitrogens is 1. The van der Waals surface area contributed by atoms with Crippen LogP contribution in [-0.4, -0.2) is 43.3 Å². The first-order valence-electron chi connectivity index (χ1n) is 9.41. The molecule has 0 fully saturated rings. The van der Waals surface area contributed by atoms with Crippen LogP contribution in [0.25, 0.3) is 10.2 Å². The third-order valence-electron chi connectivity index (χ3n) is 4.26. The molecule has 3 rings (SSSR count). The lowest BCUT2D eigenvalue weighted by molar-refractivity contribution is -0.115. The highest BCUT2D eigenvalue weighted by atomic mass is 32.1. The first-order valence-corrected chi connectivity index (χ1v) is 10.2. The molecule has 0 saturated carbocycles. The van der Waals surface area contributed by atoms with Gasteiger partial charge in [0, 0.05) is 37.6 Å². The number of nitrogens with zero attached hydrogens (tertiary/aromatic N) is 2. The predicted octanol–water partition coefficient (Wildman–Crippen LogP) is 3.72. The van der Waals surface area contributed by atoms with Crippen molar-refractivity contribution in [3.8, 4) is 0 Å². The molecule has 0 unspecified atom stereocenters. The fourth-order valence-corrected chi connectivity index (χ4v) is 3.65. The van der Waals surface area contributed by atoms with Gasteiger partial charge in [0.25, 0.3) is 0 Å². The maximum absolute atomic E-state index is 12.5. The zero-order chi connectivity index (χ0) is 21.7. The lowest BCUT2D eigenvalue weighted by Crippen LogP contribution is -2.28. The second-order valence-electron chi connectivity index (χ2n) is 6.78. The van der Waals surface area contributed by atoms with Gasteiger partial charge in [-0.3, -0.25) is 14.9 Å². The van der Waals surface area contributed by atoms with Crippen molar-refractivity contribution < 1.29 is 14.4 Å². The Morgan fingerprint density at radius 3 is 2.43 bits per heavy atom. The molecule has 0 aliphatic rings. The second kappa shape index (κ2) is 9.36. The zero-order valence-corrected chi connectivity index (χ0v) is 17.8. The van der Waals surface area contributed by atoms with Crippen molar-refractivity contribution in [1.82, 2.24) is 10.3 Å². The molecule has 30 heavy (non-hydrogen) atoms. The summed E-state index contributed by atoms with van der Waals surface area (Å²) in [6, 6.07) is 12.1. The fourth-order valence-electron chi connectivity index (χ4n) is 2.75. The summed E-state index contributed by atoms with van der Waals surface area (Å²) in [6.45, 7) is 2.34. The maximum Gasteiger partial charge on any atom is 0.321 e. The Labute approximate surface area is 178 Å². The van der Waals surface area contributed by atoms with Crippen LogP contribution in [0.4, 0.5) is 21.3 Å². The summed E-state index contributed by atoms with van der Waals surface area (Å²) in [4.78, 5) is 42.7. The Morgan fingerprint density at radius 2 is 1.77 bits per heavy atom. The number of benzene rings is 2. The zero-order valence-electron chi connectivity index (χ0n) is 17.0. The van der Waals surface area contributed by atoms with E-state index in [0.29, 0.717) is 28.4 Å². The summed E-state index contributed by atoms with van der Waals surface area (Å²) < 4.78 is 0.757. The average molecular weight is 426 g/mol. The number of anilines is 3. The van der Waals surface area contributed by atoms with Crippen LogP contribution in [-0.2, 0) is 4.79 Å². The summed E-state index contributed by atoms with van der Waals surface area (Å²) >= 11 is 1.27. The quantitative estimate of drug-likeness (QED) is 0.395. The monoisotopic (exact) mass is 425 g/mol. The molecule has 0 bridgehead atoms. The third-order valence-corrected chi connectivity index (χ3v) is 5.19. The SMILES string of the molecule is CCNC(=O)Nc1nc2ccc(C(=O)CC(=O)Nc3ccc(N(C)C)cc3)cc2s1. The van der Waals surface area contributed by atoms with Gasteiger partial charge in [-0.15, -0.1) is 0 Å². The molecule has 0 radical (unpaired) electrons. The summed E-state index contributed by atoms with van der Waals surface area (Å²) in [5, 5.41) is 8.48. The van der Waals surface area contributed by atoms with Crippen molar-refractivity contribution >= 4 is 55.8 Å². The van der Waals surface area contributed by atoms with E-state index in [0.717, 1.165) is 10.4 Å². The molecule has 9 heteroatoms. The van der Waals surface area contributed by atoms with E-state index in [1.807, 2.05) is 38.1 Å². The molecule has 0 saturated heterocycles. The predicted molar refractivity (Wildman–Crippen MR) is 121 cm³/mol. The lowest BCUT2D eigenvalue weighted by atomic mass is 10.1. The van der Waals surface area contributed by atoms with Crippen molar-refractivity contribution in [3.05, 3.63) is 48.0 Å². The molecule has 3 amide bonds. The molecular formula is C21H23N5O3S. The van der Waals surface area contributed by atoms with E-state index in [1.54, 1.807) is 30.3 Å². The van der Waals surface area contributed by atoms with Gasteiger partial charge in [-0.25, -0.2) is 9.78 Å². The number of amides is 3. The average Bonchev–Trinajstić information content (AvgIpc) is 3.09. The number of nitrogens with one attached hydrogen (secondary N) is 3. The van der Waals surface area contributed by atoms with Crippen molar-refractivity contribution in [2.24, 2.45) is 0 Å². The van der Waals surface area contributed by atoms with Gasteiger partial charge >= 0.3 is 6.03 Å². The van der Waals surface area contributed by atoms with Crippen molar-refractivity contribution in [2.75, 3.05) is 36.2 Å².